The van der Waals surface area contributed by atoms with Crippen LogP contribution in [0.5, 0.6) is 0 Å². The van der Waals surface area contributed by atoms with E-state index in [1.54, 1.807) is 4.90 Å². The highest BCUT2D eigenvalue weighted by Crippen LogP contribution is 2.18. The maximum absolute atomic E-state index is 12.1. The van der Waals surface area contributed by atoms with Gasteiger partial charge in [0.1, 0.15) is 0 Å². The molecular weight excluding hydrogens is 316 g/mol. The fraction of sp³-hybridized carbons (Fsp3) is 0.529. The van der Waals surface area contributed by atoms with E-state index >= 15 is 0 Å². The van der Waals surface area contributed by atoms with Crippen molar-refractivity contribution < 1.29 is 14.3 Å². The Kier molecular flexibility index (Phi) is 6.71. The number of piperidine rings is 1. The van der Waals surface area contributed by atoms with E-state index in [0.29, 0.717) is 32.5 Å². The van der Waals surface area contributed by atoms with Crippen molar-refractivity contribution in [1.29, 1.82) is 0 Å². The van der Waals surface area contributed by atoms with Crippen LogP contribution in [0, 0.1) is 5.92 Å². The number of hydrogen-bond donors (Lipinski definition) is 1. The Balaban J connectivity index is 1.65. The first-order chi connectivity index (χ1) is 11.1. The zero-order chi connectivity index (χ0) is 16.7. The number of urea groups is 1. The lowest BCUT2D eigenvalue weighted by molar-refractivity contribution is -0.146. The Morgan fingerprint density at radius 1 is 1.35 bits per heavy atom. The number of amides is 2. The lowest BCUT2D eigenvalue weighted by atomic mass is 9.97. The molecule has 1 saturated heterocycles. The fourth-order valence-electron chi connectivity index (χ4n) is 2.78. The van der Waals surface area contributed by atoms with E-state index < -0.39 is 0 Å². The van der Waals surface area contributed by atoms with Crippen molar-refractivity contribution in [2.75, 3.05) is 26.7 Å². The molecule has 126 valence electrons. The number of likely N-dealkylation sites (tertiary alicyclic amines) is 1. The molecule has 1 aromatic carbocycles. The number of hydrogen-bond acceptors (Lipinski definition) is 3. The van der Waals surface area contributed by atoms with Gasteiger partial charge >= 0.3 is 12.0 Å². The maximum atomic E-state index is 12.1. The molecular formula is C17H23ClN2O3. The summed E-state index contributed by atoms with van der Waals surface area (Å²) in [7, 11) is 1.40. The molecule has 23 heavy (non-hydrogen) atoms. The Labute approximate surface area is 141 Å². The molecule has 0 unspecified atom stereocenters. The van der Waals surface area contributed by atoms with Crippen molar-refractivity contribution in [2.45, 2.75) is 25.7 Å². The Morgan fingerprint density at radius 2 is 2.09 bits per heavy atom. The van der Waals surface area contributed by atoms with E-state index in [2.05, 4.69) is 5.32 Å². The number of nitrogens with one attached hydrogen (secondary N) is 1. The van der Waals surface area contributed by atoms with Crippen molar-refractivity contribution in [3.05, 3.63) is 34.9 Å². The number of esters is 1. The van der Waals surface area contributed by atoms with Gasteiger partial charge in [0, 0.05) is 24.7 Å². The van der Waals surface area contributed by atoms with Crippen LogP contribution in [0.2, 0.25) is 5.02 Å². The molecule has 2 amide bonds. The van der Waals surface area contributed by atoms with Crippen LogP contribution in [0.1, 0.15) is 24.8 Å². The Bertz CT molecular complexity index is 542. The molecule has 0 bridgehead atoms. The second-order valence-corrected chi connectivity index (χ2v) is 6.19. The predicted molar refractivity (Wildman–Crippen MR) is 89.5 cm³/mol. The van der Waals surface area contributed by atoms with Crippen LogP contribution in [0.3, 0.4) is 0 Å². The number of rotatable bonds is 5. The summed E-state index contributed by atoms with van der Waals surface area (Å²) in [4.78, 5) is 25.3. The van der Waals surface area contributed by atoms with E-state index in [9.17, 15) is 9.59 Å². The summed E-state index contributed by atoms with van der Waals surface area (Å²) in [6.45, 7) is 1.82. The standard InChI is InChI=1S/C17H23ClN2O3/c1-23-16(21)14-7-10-20(11-8-14)17(22)19-9-3-5-13-4-2-6-15(18)12-13/h2,4,6,12,14H,3,5,7-11H2,1H3,(H,19,22). The summed E-state index contributed by atoms with van der Waals surface area (Å²) in [6, 6.07) is 7.71. The molecule has 0 saturated carbocycles. The lowest BCUT2D eigenvalue weighted by Crippen LogP contribution is -2.45. The van der Waals surface area contributed by atoms with Crippen LogP contribution in [0.4, 0.5) is 4.79 Å². The normalized spacial score (nSPS) is 15.3. The van der Waals surface area contributed by atoms with Gasteiger partial charge < -0.3 is 15.0 Å². The lowest BCUT2D eigenvalue weighted by Gasteiger charge is -2.30. The molecule has 1 aromatic rings. The number of carbonyl (C=O) groups is 2. The molecule has 1 N–H and O–H groups in total. The van der Waals surface area contributed by atoms with Gasteiger partial charge in [-0.25, -0.2) is 4.79 Å². The second kappa shape index (κ2) is 8.77. The molecule has 0 aromatic heterocycles. The Morgan fingerprint density at radius 3 is 2.74 bits per heavy atom. The minimum Gasteiger partial charge on any atom is -0.469 e. The Hall–Kier alpha value is -1.75. The minimum atomic E-state index is -0.174. The van der Waals surface area contributed by atoms with Crippen LogP contribution >= 0.6 is 11.6 Å². The number of ether oxygens (including phenoxy) is 1. The number of aryl methyl sites for hydroxylation is 1. The number of halogens is 1. The molecule has 1 aliphatic rings. The molecule has 6 heteroatoms. The average molecular weight is 339 g/mol. The second-order valence-electron chi connectivity index (χ2n) is 5.75. The molecule has 0 atom stereocenters. The predicted octanol–water partition coefficient (Wildman–Crippen LogP) is 2.87. The van der Waals surface area contributed by atoms with Crippen molar-refractivity contribution in [2.24, 2.45) is 5.92 Å². The first-order valence-electron chi connectivity index (χ1n) is 7.95. The van der Waals surface area contributed by atoms with Gasteiger partial charge in [0.2, 0.25) is 0 Å². The van der Waals surface area contributed by atoms with Crippen LogP contribution < -0.4 is 5.32 Å². The molecule has 0 spiro atoms. The van der Waals surface area contributed by atoms with E-state index in [1.807, 2.05) is 24.3 Å². The van der Waals surface area contributed by atoms with E-state index in [-0.39, 0.29) is 17.9 Å². The molecule has 1 heterocycles. The fourth-order valence-corrected chi connectivity index (χ4v) is 2.99. The monoisotopic (exact) mass is 338 g/mol. The van der Waals surface area contributed by atoms with Gasteiger partial charge in [0.05, 0.1) is 13.0 Å². The maximum Gasteiger partial charge on any atom is 0.317 e. The van der Waals surface area contributed by atoms with Crippen LogP contribution in [-0.4, -0.2) is 43.6 Å². The third-order valence-electron chi connectivity index (χ3n) is 4.12. The molecule has 1 aliphatic heterocycles. The van der Waals surface area contributed by atoms with Crippen molar-refractivity contribution in [3.63, 3.8) is 0 Å². The SMILES string of the molecule is COC(=O)C1CCN(C(=O)NCCCc2cccc(Cl)c2)CC1. The molecule has 2 rings (SSSR count). The van der Waals surface area contributed by atoms with Gasteiger partial charge in [-0.1, -0.05) is 23.7 Å². The summed E-state index contributed by atoms with van der Waals surface area (Å²) >= 11 is 5.94. The van der Waals surface area contributed by atoms with Gasteiger partial charge in [-0.15, -0.1) is 0 Å². The number of nitrogens with zero attached hydrogens (tertiary/aromatic N) is 1. The minimum absolute atomic E-state index is 0.0561. The average Bonchev–Trinajstić information content (AvgIpc) is 2.58. The number of carbonyl (C=O) groups excluding carboxylic acids is 2. The molecule has 0 aliphatic carbocycles. The summed E-state index contributed by atoms with van der Waals surface area (Å²) in [6.07, 6.45) is 3.08. The molecule has 5 nitrogen and oxygen atoms in total. The summed E-state index contributed by atoms with van der Waals surface area (Å²) < 4.78 is 4.75. The highest BCUT2D eigenvalue weighted by molar-refractivity contribution is 6.30. The summed E-state index contributed by atoms with van der Waals surface area (Å²) in [5.41, 5.74) is 1.17. The van der Waals surface area contributed by atoms with E-state index in [1.165, 1.54) is 12.7 Å². The van der Waals surface area contributed by atoms with Crippen LogP contribution in [0.25, 0.3) is 0 Å². The molecule has 0 radical (unpaired) electrons. The third-order valence-corrected chi connectivity index (χ3v) is 4.36. The highest BCUT2D eigenvalue weighted by Gasteiger charge is 2.27. The first kappa shape index (κ1) is 17.6. The zero-order valence-corrected chi connectivity index (χ0v) is 14.1. The van der Waals surface area contributed by atoms with Gasteiger partial charge in [-0.05, 0) is 43.4 Å². The van der Waals surface area contributed by atoms with E-state index in [0.717, 1.165) is 17.9 Å². The smallest absolute Gasteiger partial charge is 0.317 e. The number of benzene rings is 1. The van der Waals surface area contributed by atoms with Crippen molar-refractivity contribution in [3.8, 4) is 0 Å². The van der Waals surface area contributed by atoms with Crippen molar-refractivity contribution in [1.82, 2.24) is 10.2 Å². The van der Waals surface area contributed by atoms with Crippen molar-refractivity contribution >= 4 is 23.6 Å². The third kappa shape index (κ3) is 5.43. The highest BCUT2D eigenvalue weighted by atomic mass is 35.5. The van der Waals surface area contributed by atoms with Crippen LogP contribution in [0.15, 0.2) is 24.3 Å². The summed E-state index contributed by atoms with van der Waals surface area (Å²) in [5.74, 6) is -0.251. The van der Waals surface area contributed by atoms with Gasteiger partial charge in [0.15, 0.2) is 0 Å². The quantitative estimate of drug-likeness (QED) is 0.663. The zero-order valence-electron chi connectivity index (χ0n) is 13.4. The topological polar surface area (TPSA) is 58.6 Å². The van der Waals surface area contributed by atoms with Gasteiger partial charge in [0.25, 0.3) is 0 Å². The van der Waals surface area contributed by atoms with Crippen LogP contribution in [-0.2, 0) is 16.0 Å². The summed E-state index contributed by atoms with van der Waals surface area (Å²) in [5, 5.41) is 3.67. The first-order valence-corrected chi connectivity index (χ1v) is 8.33. The largest absolute Gasteiger partial charge is 0.469 e. The van der Waals surface area contributed by atoms with Gasteiger partial charge in [-0.3, -0.25) is 4.79 Å². The van der Waals surface area contributed by atoms with Gasteiger partial charge in [-0.2, -0.15) is 0 Å². The van der Waals surface area contributed by atoms with E-state index in [4.69, 9.17) is 16.3 Å². The number of methoxy groups -OCH3 is 1. The molecule has 1 fully saturated rings.